The van der Waals surface area contributed by atoms with Gasteiger partial charge in [0.1, 0.15) is 0 Å². The zero-order chi connectivity index (χ0) is 11.7. The summed E-state index contributed by atoms with van der Waals surface area (Å²) in [6.07, 6.45) is 1.06. The highest BCUT2D eigenvalue weighted by Crippen LogP contribution is 2.20. The summed E-state index contributed by atoms with van der Waals surface area (Å²) in [5.41, 5.74) is 1.30. The van der Waals surface area contributed by atoms with Crippen LogP contribution in [0, 0.1) is 17.0 Å². The van der Waals surface area contributed by atoms with Gasteiger partial charge in [0.05, 0.1) is 15.7 Å². The summed E-state index contributed by atoms with van der Waals surface area (Å²) in [7, 11) is 0. The lowest BCUT2D eigenvalue weighted by molar-refractivity contribution is -0.483. The molecule has 0 aliphatic heterocycles. The summed E-state index contributed by atoms with van der Waals surface area (Å²) >= 11 is 5.61. The molecule has 0 amide bonds. The van der Waals surface area contributed by atoms with Gasteiger partial charge in [-0.25, -0.2) is 0 Å². The molecule has 2 rings (SSSR count). The number of nitrogens with zero attached hydrogens (tertiary/aromatic N) is 2. The van der Waals surface area contributed by atoms with E-state index < -0.39 is 0 Å². The summed E-state index contributed by atoms with van der Waals surface area (Å²) in [5.74, 6) is 0. The molecule has 2 aromatic rings. The van der Waals surface area contributed by atoms with Crippen LogP contribution in [-0.2, 0) is 0 Å². The summed E-state index contributed by atoms with van der Waals surface area (Å²) in [6, 6.07) is 8.99. The van der Waals surface area contributed by atoms with Gasteiger partial charge in [-0.3, -0.25) is 0 Å². The number of aromatic nitrogens is 2. The summed E-state index contributed by atoms with van der Waals surface area (Å²) < 4.78 is 1.15. The average Bonchev–Trinajstić information content (AvgIpc) is 2.28. The van der Waals surface area contributed by atoms with Gasteiger partial charge in [-0.1, -0.05) is 29.8 Å². The summed E-state index contributed by atoms with van der Waals surface area (Å²) in [5, 5.41) is 11.4. The molecule has 0 radical (unpaired) electrons. The largest absolute Gasteiger partial charge is 0.805 e. The zero-order valence-electron chi connectivity index (χ0n) is 8.55. The Labute approximate surface area is 96.9 Å². The maximum atomic E-state index is 11.7. The van der Waals surface area contributed by atoms with E-state index in [1.807, 2.05) is 6.07 Å². The van der Waals surface area contributed by atoms with Gasteiger partial charge < -0.3 is 9.94 Å². The van der Waals surface area contributed by atoms with Crippen molar-refractivity contribution in [1.82, 2.24) is 4.73 Å². The van der Waals surface area contributed by atoms with Crippen molar-refractivity contribution in [3.05, 3.63) is 57.5 Å². The van der Waals surface area contributed by atoms with Crippen LogP contribution >= 0.6 is 11.6 Å². The van der Waals surface area contributed by atoms with Gasteiger partial charge >= 0.3 is 0 Å². The first-order valence-corrected chi connectivity index (χ1v) is 5.06. The van der Waals surface area contributed by atoms with Crippen LogP contribution in [0.3, 0.4) is 0 Å². The van der Waals surface area contributed by atoms with E-state index in [0.29, 0.717) is 20.4 Å². The normalized spacial score (nSPS) is 10.4. The molecule has 0 bridgehead atoms. The summed E-state index contributed by atoms with van der Waals surface area (Å²) in [6.45, 7) is 1.57. The third-order valence-corrected chi connectivity index (χ3v) is 2.58. The van der Waals surface area contributed by atoms with Crippen LogP contribution in [0.25, 0.3) is 11.3 Å². The Bertz CT molecular complexity index is 579. The molecule has 0 fully saturated rings. The van der Waals surface area contributed by atoms with Crippen LogP contribution in [0.15, 0.2) is 36.5 Å². The Hall–Kier alpha value is -1.81. The van der Waals surface area contributed by atoms with E-state index in [2.05, 4.69) is 0 Å². The number of rotatable bonds is 1. The lowest BCUT2D eigenvalue weighted by Gasteiger charge is -2.14. The Balaban J connectivity index is 2.76. The fraction of sp³-hybridized carbons (Fsp3) is 0.0909. The minimum absolute atomic E-state index is 0.132. The standard InChI is InChI=1S/C11H9ClN2O2/c1-8-11(9-5-3-2-4-6-9)13(15)7-10(12)14(8)16/h2-7H,1H3. The van der Waals surface area contributed by atoms with Crippen molar-refractivity contribution in [1.29, 1.82) is 0 Å². The van der Waals surface area contributed by atoms with E-state index in [4.69, 9.17) is 11.6 Å². The van der Waals surface area contributed by atoms with Gasteiger partial charge in [0.25, 0.3) is 11.9 Å². The van der Waals surface area contributed by atoms with Gasteiger partial charge in [0.15, 0.2) is 5.15 Å². The molecule has 1 aromatic carbocycles. The minimum Gasteiger partial charge on any atom is -0.805 e. The Morgan fingerprint density at radius 1 is 1.31 bits per heavy atom. The molecule has 0 unspecified atom stereocenters. The lowest BCUT2D eigenvalue weighted by atomic mass is 10.1. The molecule has 4 nitrogen and oxygen atoms in total. The van der Waals surface area contributed by atoms with Crippen molar-refractivity contribution >= 4 is 11.6 Å². The highest BCUT2D eigenvalue weighted by molar-refractivity contribution is 6.29. The Morgan fingerprint density at radius 3 is 2.56 bits per heavy atom. The number of hydrogen-bond donors (Lipinski definition) is 0. The zero-order valence-corrected chi connectivity index (χ0v) is 9.31. The second-order valence-corrected chi connectivity index (χ2v) is 3.76. The molecule has 1 heterocycles. The molecule has 5 heteroatoms. The molecular formula is C11H9ClN2O2. The fourth-order valence-electron chi connectivity index (χ4n) is 1.56. The van der Waals surface area contributed by atoms with Crippen LogP contribution in [0.4, 0.5) is 0 Å². The van der Waals surface area contributed by atoms with Crippen molar-refractivity contribution < 1.29 is 4.43 Å². The number of hydrogen-bond acceptors (Lipinski definition) is 2. The molecule has 0 saturated carbocycles. The highest BCUT2D eigenvalue weighted by Gasteiger charge is 2.17. The van der Waals surface area contributed by atoms with E-state index in [-0.39, 0.29) is 10.8 Å². The van der Waals surface area contributed by atoms with E-state index >= 15 is 0 Å². The maximum absolute atomic E-state index is 11.7. The first-order chi connectivity index (χ1) is 7.61. The smallest absolute Gasteiger partial charge is 0.288 e. The lowest BCUT2D eigenvalue weighted by Crippen LogP contribution is -2.22. The Kier molecular flexibility index (Phi) is 2.66. The SMILES string of the molecule is Cc1c(-c2ccccc2)[n+](=O)cc(Cl)n1[O-]. The summed E-state index contributed by atoms with van der Waals surface area (Å²) in [4.78, 5) is 11.7. The maximum Gasteiger partial charge on any atom is 0.288 e. The quantitative estimate of drug-likeness (QED) is 0.714. The molecule has 0 spiro atoms. The fourth-order valence-corrected chi connectivity index (χ4v) is 1.78. The van der Waals surface area contributed by atoms with Crippen LogP contribution in [-0.4, -0.2) is 4.73 Å². The molecule has 0 aliphatic rings. The number of benzene rings is 1. The molecule has 0 aliphatic carbocycles. The van der Waals surface area contributed by atoms with Crippen LogP contribution in [0.2, 0.25) is 5.15 Å². The van der Waals surface area contributed by atoms with Crippen molar-refractivity contribution in [3.8, 4) is 11.3 Å². The van der Waals surface area contributed by atoms with Crippen molar-refractivity contribution in [3.63, 3.8) is 0 Å². The predicted molar refractivity (Wildman–Crippen MR) is 61.7 cm³/mol. The van der Waals surface area contributed by atoms with Gasteiger partial charge in [0, 0.05) is 4.91 Å². The van der Waals surface area contributed by atoms with Crippen LogP contribution in [0.1, 0.15) is 5.69 Å². The van der Waals surface area contributed by atoms with Crippen molar-refractivity contribution in [2.75, 3.05) is 0 Å². The molecule has 0 N–H and O–H groups in total. The van der Waals surface area contributed by atoms with Gasteiger partial charge in [-0.15, -0.1) is 0 Å². The average molecular weight is 237 g/mol. The van der Waals surface area contributed by atoms with E-state index in [0.717, 1.165) is 6.20 Å². The van der Waals surface area contributed by atoms with Gasteiger partial charge in [-0.05, 0) is 19.1 Å². The molecule has 16 heavy (non-hydrogen) atoms. The molecular weight excluding hydrogens is 228 g/mol. The van der Waals surface area contributed by atoms with Crippen molar-refractivity contribution in [2.24, 2.45) is 0 Å². The van der Waals surface area contributed by atoms with E-state index in [1.165, 1.54) is 0 Å². The first-order valence-electron chi connectivity index (χ1n) is 4.68. The van der Waals surface area contributed by atoms with Crippen LogP contribution < -0.4 is 4.43 Å². The topological polar surface area (TPSA) is 51.0 Å². The second-order valence-electron chi connectivity index (χ2n) is 3.37. The monoisotopic (exact) mass is 236 g/mol. The third kappa shape index (κ3) is 1.67. The van der Waals surface area contributed by atoms with Crippen molar-refractivity contribution in [2.45, 2.75) is 6.92 Å². The first kappa shape index (κ1) is 10.7. The van der Waals surface area contributed by atoms with Gasteiger partial charge in [-0.2, -0.15) is 0 Å². The van der Waals surface area contributed by atoms with E-state index in [1.54, 1.807) is 31.2 Å². The molecule has 82 valence electrons. The number of halogens is 1. The molecule has 0 saturated heterocycles. The minimum atomic E-state index is -0.132. The molecule has 0 atom stereocenters. The predicted octanol–water partition coefficient (Wildman–Crippen LogP) is 2.38. The molecule has 1 aromatic heterocycles. The van der Waals surface area contributed by atoms with Crippen LogP contribution in [0.5, 0.6) is 0 Å². The highest BCUT2D eigenvalue weighted by atomic mass is 35.5. The third-order valence-electron chi connectivity index (χ3n) is 2.33. The Morgan fingerprint density at radius 2 is 1.94 bits per heavy atom. The van der Waals surface area contributed by atoms with Gasteiger partial charge in [0.2, 0.25) is 0 Å². The van der Waals surface area contributed by atoms with E-state index in [9.17, 15) is 10.1 Å². The second kappa shape index (κ2) is 3.98.